The number of pyridine rings is 1. The van der Waals surface area contributed by atoms with Crippen LogP contribution in [0.25, 0.3) is 0 Å². The third-order valence-corrected chi connectivity index (χ3v) is 1.89. The number of nitriles is 1. The number of hydrogen-bond donors (Lipinski definition) is 0. The van der Waals surface area contributed by atoms with Gasteiger partial charge in [-0.15, -0.1) is 0 Å². The van der Waals surface area contributed by atoms with E-state index in [1.54, 1.807) is 6.07 Å². The van der Waals surface area contributed by atoms with Gasteiger partial charge in [0, 0.05) is 0 Å². The molecule has 0 N–H and O–H groups in total. The average molecular weight is 223 g/mol. The summed E-state index contributed by atoms with van der Waals surface area (Å²) in [5, 5.41) is 7.91. The van der Waals surface area contributed by atoms with Crippen molar-refractivity contribution in [3.63, 3.8) is 0 Å². The lowest BCUT2D eigenvalue weighted by molar-refractivity contribution is 0.151. The third kappa shape index (κ3) is 2.06. The van der Waals surface area contributed by atoms with Crippen LogP contribution in [0.5, 0.6) is 0 Å². The summed E-state index contributed by atoms with van der Waals surface area (Å²) >= 11 is 10.8. The lowest BCUT2D eigenvalue weighted by Gasteiger charge is -2.02. The van der Waals surface area contributed by atoms with Gasteiger partial charge in [-0.1, -0.05) is 23.2 Å². The molecule has 0 aliphatic carbocycles. The standard InChI is InChI=1S/C7H2Cl2F2N2/c8-4-1-3(7(10)11)6(9)13-5(4)2-12/h1,7H. The Morgan fingerprint density at radius 3 is 2.54 bits per heavy atom. The van der Waals surface area contributed by atoms with Crippen LogP contribution in [0.2, 0.25) is 10.2 Å². The Morgan fingerprint density at radius 1 is 1.46 bits per heavy atom. The van der Waals surface area contributed by atoms with E-state index in [9.17, 15) is 8.78 Å². The zero-order chi connectivity index (χ0) is 10.0. The minimum atomic E-state index is -2.75. The quantitative estimate of drug-likeness (QED) is 0.685. The molecule has 0 aliphatic heterocycles. The Labute approximate surface area is 82.7 Å². The molecule has 0 atom stereocenters. The van der Waals surface area contributed by atoms with E-state index in [2.05, 4.69) is 4.98 Å². The van der Waals surface area contributed by atoms with Crippen molar-refractivity contribution >= 4 is 23.2 Å². The Balaban J connectivity index is 3.31. The van der Waals surface area contributed by atoms with E-state index in [0.29, 0.717) is 0 Å². The van der Waals surface area contributed by atoms with Crippen molar-refractivity contribution in [3.8, 4) is 6.07 Å². The molecule has 1 aromatic heterocycles. The van der Waals surface area contributed by atoms with Gasteiger partial charge in [0.15, 0.2) is 5.69 Å². The molecular weight excluding hydrogens is 221 g/mol. The first-order chi connectivity index (χ1) is 6.06. The maximum absolute atomic E-state index is 12.2. The first-order valence-corrected chi connectivity index (χ1v) is 3.86. The van der Waals surface area contributed by atoms with Crippen LogP contribution < -0.4 is 0 Å². The molecule has 1 aromatic rings. The van der Waals surface area contributed by atoms with E-state index in [0.717, 1.165) is 6.07 Å². The second kappa shape index (κ2) is 3.86. The lowest BCUT2D eigenvalue weighted by atomic mass is 10.2. The van der Waals surface area contributed by atoms with Crippen LogP contribution >= 0.6 is 23.2 Å². The van der Waals surface area contributed by atoms with Gasteiger partial charge < -0.3 is 0 Å². The highest BCUT2D eigenvalue weighted by Crippen LogP contribution is 2.29. The van der Waals surface area contributed by atoms with Gasteiger partial charge in [0.1, 0.15) is 11.2 Å². The van der Waals surface area contributed by atoms with Crippen LogP contribution in [-0.4, -0.2) is 4.98 Å². The van der Waals surface area contributed by atoms with Crippen molar-refractivity contribution in [2.45, 2.75) is 6.43 Å². The van der Waals surface area contributed by atoms with Crippen molar-refractivity contribution in [2.75, 3.05) is 0 Å². The minimum absolute atomic E-state index is 0.123. The Kier molecular flexibility index (Phi) is 3.02. The number of alkyl halides is 2. The number of aromatic nitrogens is 1. The van der Waals surface area contributed by atoms with Gasteiger partial charge in [0.25, 0.3) is 6.43 Å². The maximum Gasteiger partial charge on any atom is 0.266 e. The SMILES string of the molecule is N#Cc1nc(Cl)c(C(F)F)cc1Cl. The van der Waals surface area contributed by atoms with Gasteiger partial charge in [0.05, 0.1) is 10.6 Å². The van der Waals surface area contributed by atoms with E-state index in [-0.39, 0.29) is 10.7 Å². The second-order valence-corrected chi connectivity index (χ2v) is 2.88. The van der Waals surface area contributed by atoms with E-state index < -0.39 is 17.1 Å². The zero-order valence-electron chi connectivity index (χ0n) is 6.06. The molecule has 0 fully saturated rings. The molecule has 0 saturated heterocycles. The monoisotopic (exact) mass is 222 g/mol. The highest BCUT2D eigenvalue weighted by atomic mass is 35.5. The molecule has 0 radical (unpaired) electrons. The molecule has 13 heavy (non-hydrogen) atoms. The molecular formula is C7H2Cl2F2N2. The van der Waals surface area contributed by atoms with Crippen LogP contribution in [0.15, 0.2) is 6.07 Å². The summed E-state index contributed by atoms with van der Waals surface area (Å²) < 4.78 is 24.4. The van der Waals surface area contributed by atoms with E-state index in [1.807, 2.05) is 0 Å². The topological polar surface area (TPSA) is 36.7 Å². The molecule has 2 nitrogen and oxygen atoms in total. The molecule has 6 heteroatoms. The summed E-state index contributed by atoms with van der Waals surface area (Å²) in [5.74, 6) is 0. The molecule has 1 heterocycles. The number of rotatable bonds is 1. The van der Waals surface area contributed by atoms with Gasteiger partial charge in [-0.3, -0.25) is 0 Å². The molecule has 0 aliphatic rings. The van der Waals surface area contributed by atoms with E-state index >= 15 is 0 Å². The summed E-state index contributed by atoms with van der Waals surface area (Å²) in [5.41, 5.74) is -0.623. The molecule has 0 aromatic carbocycles. The van der Waals surface area contributed by atoms with Gasteiger partial charge in [0.2, 0.25) is 0 Å². The summed E-state index contributed by atoms with van der Waals surface area (Å²) in [6.45, 7) is 0. The van der Waals surface area contributed by atoms with E-state index in [1.165, 1.54) is 0 Å². The summed E-state index contributed by atoms with van der Waals surface area (Å²) in [6.07, 6.45) is -2.75. The maximum atomic E-state index is 12.2. The smallest absolute Gasteiger partial charge is 0.223 e. The van der Waals surface area contributed by atoms with Crippen LogP contribution in [0, 0.1) is 11.3 Å². The first kappa shape index (κ1) is 10.2. The molecule has 68 valence electrons. The molecule has 1 rings (SSSR count). The third-order valence-electron chi connectivity index (χ3n) is 1.30. The highest BCUT2D eigenvalue weighted by Gasteiger charge is 2.16. The van der Waals surface area contributed by atoms with Crippen LogP contribution in [-0.2, 0) is 0 Å². The number of nitrogens with zero attached hydrogens (tertiary/aromatic N) is 2. The molecule has 0 unspecified atom stereocenters. The molecule has 0 bridgehead atoms. The predicted octanol–water partition coefficient (Wildman–Crippen LogP) is 3.20. The normalized spacial score (nSPS) is 10.2. The van der Waals surface area contributed by atoms with Crippen molar-refractivity contribution < 1.29 is 8.78 Å². The van der Waals surface area contributed by atoms with Crippen molar-refractivity contribution in [2.24, 2.45) is 0 Å². The van der Waals surface area contributed by atoms with Gasteiger partial charge in [-0.25, -0.2) is 13.8 Å². The van der Waals surface area contributed by atoms with Gasteiger partial charge in [-0.05, 0) is 6.07 Å². The molecule has 0 spiro atoms. The first-order valence-electron chi connectivity index (χ1n) is 3.10. The number of hydrogen-bond acceptors (Lipinski definition) is 2. The summed E-state index contributed by atoms with van der Waals surface area (Å²) in [4.78, 5) is 3.40. The fraction of sp³-hybridized carbons (Fsp3) is 0.143. The predicted molar refractivity (Wildman–Crippen MR) is 43.9 cm³/mol. The minimum Gasteiger partial charge on any atom is -0.223 e. The fourth-order valence-corrected chi connectivity index (χ4v) is 1.14. The Bertz CT molecular complexity index is 373. The lowest BCUT2D eigenvalue weighted by Crippen LogP contribution is -1.93. The summed E-state index contributed by atoms with van der Waals surface area (Å²) in [6, 6.07) is 2.57. The second-order valence-electron chi connectivity index (χ2n) is 2.11. The Morgan fingerprint density at radius 2 is 2.08 bits per heavy atom. The highest BCUT2D eigenvalue weighted by molar-refractivity contribution is 6.33. The van der Waals surface area contributed by atoms with Crippen LogP contribution in [0.4, 0.5) is 8.78 Å². The number of halogens is 4. The summed E-state index contributed by atoms with van der Waals surface area (Å²) in [7, 11) is 0. The van der Waals surface area contributed by atoms with Crippen molar-refractivity contribution in [3.05, 3.63) is 27.5 Å². The molecule has 0 saturated carbocycles. The van der Waals surface area contributed by atoms with Crippen LogP contribution in [0.3, 0.4) is 0 Å². The van der Waals surface area contributed by atoms with Gasteiger partial charge >= 0.3 is 0 Å². The largest absolute Gasteiger partial charge is 0.266 e. The molecule has 0 amide bonds. The van der Waals surface area contributed by atoms with Crippen LogP contribution in [0.1, 0.15) is 17.7 Å². The Hall–Kier alpha value is -0.920. The fourth-order valence-electron chi connectivity index (χ4n) is 0.712. The van der Waals surface area contributed by atoms with Gasteiger partial charge in [-0.2, -0.15) is 5.26 Å². The van der Waals surface area contributed by atoms with Crippen molar-refractivity contribution in [1.82, 2.24) is 4.98 Å². The van der Waals surface area contributed by atoms with E-state index in [4.69, 9.17) is 28.5 Å². The average Bonchev–Trinajstić information content (AvgIpc) is 2.07. The van der Waals surface area contributed by atoms with Crippen molar-refractivity contribution in [1.29, 1.82) is 5.26 Å². The zero-order valence-corrected chi connectivity index (χ0v) is 7.57.